The molecule has 0 spiro atoms. The molecule has 0 aromatic rings. The lowest BCUT2D eigenvalue weighted by atomic mass is 9.45. The number of allylic oxidation sites excluding steroid dienone is 4. The third-order valence-corrected chi connectivity index (χ3v) is 3.61. The van der Waals surface area contributed by atoms with E-state index in [-0.39, 0.29) is 0 Å². The standard InChI is InChI=1S/C12H20B/c1-4-12(5-2,13-3)11-9-7-6-8-10-11/h6-9,11H,4-5,10H2,1-3H3. The Bertz CT molecular complexity index is 191. The first kappa shape index (κ1) is 10.6. The maximum Gasteiger partial charge on any atom is 0.115 e. The van der Waals surface area contributed by atoms with Crippen LogP contribution in [-0.4, -0.2) is 7.28 Å². The molecule has 0 nitrogen and oxygen atoms in total. The molecule has 0 aromatic carbocycles. The van der Waals surface area contributed by atoms with Gasteiger partial charge < -0.3 is 0 Å². The van der Waals surface area contributed by atoms with Crippen LogP contribution in [0.5, 0.6) is 0 Å². The maximum absolute atomic E-state index is 2.40. The summed E-state index contributed by atoms with van der Waals surface area (Å²) in [5.41, 5.74) is 0. The number of hydrogen-bond acceptors (Lipinski definition) is 0. The second-order valence-electron chi connectivity index (χ2n) is 3.88. The molecule has 0 aromatic heterocycles. The zero-order valence-corrected chi connectivity index (χ0v) is 9.09. The van der Waals surface area contributed by atoms with Crippen LogP contribution in [0.15, 0.2) is 24.3 Å². The Morgan fingerprint density at radius 3 is 2.38 bits per heavy atom. The summed E-state index contributed by atoms with van der Waals surface area (Å²) in [6.07, 6.45) is 12.7. The van der Waals surface area contributed by atoms with E-state index in [2.05, 4.69) is 52.3 Å². The van der Waals surface area contributed by atoms with Crippen molar-refractivity contribution in [3.63, 3.8) is 0 Å². The molecule has 0 saturated heterocycles. The Balaban J connectivity index is 2.74. The Hall–Kier alpha value is -0.455. The summed E-state index contributed by atoms with van der Waals surface area (Å²) in [4.78, 5) is 0. The van der Waals surface area contributed by atoms with E-state index in [0.29, 0.717) is 5.31 Å². The van der Waals surface area contributed by atoms with Gasteiger partial charge in [0.1, 0.15) is 7.28 Å². The summed E-state index contributed by atoms with van der Waals surface area (Å²) < 4.78 is 0. The fourth-order valence-electron chi connectivity index (χ4n) is 2.40. The minimum absolute atomic E-state index is 0.432. The van der Waals surface area contributed by atoms with Crippen LogP contribution >= 0.6 is 0 Å². The van der Waals surface area contributed by atoms with Gasteiger partial charge in [0.15, 0.2) is 0 Å². The van der Waals surface area contributed by atoms with Crippen molar-refractivity contribution in [1.82, 2.24) is 0 Å². The molecular weight excluding hydrogens is 155 g/mol. The number of rotatable bonds is 4. The van der Waals surface area contributed by atoms with Crippen LogP contribution < -0.4 is 0 Å². The SMILES string of the molecule is C[B]C(CC)(CC)C1C=CC=CC1. The normalized spacial score (nSPS) is 21.9. The van der Waals surface area contributed by atoms with E-state index in [1.54, 1.807) is 0 Å². The fraction of sp³-hybridized carbons (Fsp3) is 0.667. The summed E-state index contributed by atoms with van der Waals surface area (Å²) in [6.45, 7) is 6.81. The van der Waals surface area contributed by atoms with Crippen molar-refractivity contribution >= 4 is 7.28 Å². The summed E-state index contributed by atoms with van der Waals surface area (Å²) >= 11 is 0. The molecule has 1 aliphatic rings. The van der Waals surface area contributed by atoms with Crippen molar-refractivity contribution in [2.24, 2.45) is 5.92 Å². The van der Waals surface area contributed by atoms with Crippen molar-refractivity contribution in [3.8, 4) is 0 Å². The molecule has 1 heteroatoms. The number of hydrogen-bond donors (Lipinski definition) is 0. The van der Waals surface area contributed by atoms with Crippen LogP contribution in [0.3, 0.4) is 0 Å². The van der Waals surface area contributed by atoms with Gasteiger partial charge in [0, 0.05) is 0 Å². The predicted octanol–water partition coefficient (Wildman–Crippen LogP) is 3.85. The predicted molar refractivity (Wildman–Crippen MR) is 61.3 cm³/mol. The van der Waals surface area contributed by atoms with Gasteiger partial charge in [-0.1, -0.05) is 63.1 Å². The third kappa shape index (κ3) is 2.07. The topological polar surface area (TPSA) is 0 Å². The molecule has 0 bridgehead atoms. The first-order chi connectivity index (χ1) is 6.29. The quantitative estimate of drug-likeness (QED) is 0.569. The van der Waals surface area contributed by atoms with E-state index < -0.39 is 0 Å². The molecule has 0 heterocycles. The lowest BCUT2D eigenvalue weighted by Gasteiger charge is -2.37. The molecule has 1 atom stereocenters. The summed E-state index contributed by atoms with van der Waals surface area (Å²) in [7, 11) is 2.40. The third-order valence-electron chi connectivity index (χ3n) is 3.61. The molecule has 0 amide bonds. The highest BCUT2D eigenvalue weighted by atomic mass is 14.3. The molecule has 1 unspecified atom stereocenters. The van der Waals surface area contributed by atoms with Crippen LogP contribution in [0.4, 0.5) is 0 Å². The highest BCUT2D eigenvalue weighted by Gasteiger charge is 2.31. The van der Waals surface area contributed by atoms with Gasteiger partial charge in [-0.3, -0.25) is 0 Å². The molecule has 0 aliphatic heterocycles. The largest absolute Gasteiger partial charge is 0.115 e. The van der Waals surface area contributed by atoms with Crippen LogP contribution in [0.1, 0.15) is 33.1 Å². The van der Waals surface area contributed by atoms with Gasteiger partial charge in [0.05, 0.1) is 0 Å². The second kappa shape index (κ2) is 4.69. The van der Waals surface area contributed by atoms with E-state index in [1.165, 1.54) is 19.3 Å². The molecule has 1 aliphatic carbocycles. The molecule has 0 saturated carbocycles. The van der Waals surface area contributed by atoms with Crippen LogP contribution in [-0.2, 0) is 0 Å². The summed E-state index contributed by atoms with van der Waals surface area (Å²) in [6, 6.07) is 0. The van der Waals surface area contributed by atoms with E-state index >= 15 is 0 Å². The minimum atomic E-state index is 0.432. The molecule has 0 N–H and O–H groups in total. The zero-order chi connectivity index (χ0) is 9.73. The minimum Gasteiger partial charge on any atom is -0.0914 e. The molecule has 1 radical (unpaired) electrons. The van der Waals surface area contributed by atoms with E-state index in [0.717, 1.165) is 5.92 Å². The average Bonchev–Trinajstić information content (AvgIpc) is 2.23. The van der Waals surface area contributed by atoms with E-state index in [9.17, 15) is 0 Å². The maximum atomic E-state index is 2.40. The molecule has 13 heavy (non-hydrogen) atoms. The van der Waals surface area contributed by atoms with E-state index in [1.807, 2.05) is 0 Å². The van der Waals surface area contributed by atoms with E-state index in [4.69, 9.17) is 0 Å². The molecule has 71 valence electrons. The zero-order valence-electron chi connectivity index (χ0n) is 9.09. The van der Waals surface area contributed by atoms with Crippen molar-refractivity contribution in [3.05, 3.63) is 24.3 Å². The first-order valence-electron chi connectivity index (χ1n) is 5.43. The molecule has 1 rings (SSSR count). The van der Waals surface area contributed by atoms with Crippen LogP contribution in [0, 0.1) is 5.92 Å². The highest BCUT2D eigenvalue weighted by Crippen LogP contribution is 2.45. The Kier molecular flexibility index (Phi) is 3.83. The molecular formula is C12H20B. The van der Waals surface area contributed by atoms with Gasteiger partial charge in [-0.15, -0.1) is 0 Å². The van der Waals surface area contributed by atoms with Crippen molar-refractivity contribution < 1.29 is 0 Å². The Morgan fingerprint density at radius 2 is 2.00 bits per heavy atom. The fourth-order valence-corrected chi connectivity index (χ4v) is 2.40. The van der Waals surface area contributed by atoms with Crippen LogP contribution in [0.2, 0.25) is 12.1 Å². The van der Waals surface area contributed by atoms with Gasteiger partial charge in [0.2, 0.25) is 0 Å². The van der Waals surface area contributed by atoms with Gasteiger partial charge in [-0.25, -0.2) is 0 Å². The lowest BCUT2D eigenvalue weighted by molar-refractivity contribution is 0.390. The Morgan fingerprint density at radius 1 is 1.31 bits per heavy atom. The summed E-state index contributed by atoms with van der Waals surface area (Å²) in [5.74, 6) is 0.720. The highest BCUT2D eigenvalue weighted by molar-refractivity contribution is 6.38. The van der Waals surface area contributed by atoms with Crippen molar-refractivity contribution in [2.75, 3.05) is 0 Å². The summed E-state index contributed by atoms with van der Waals surface area (Å²) in [5, 5.41) is 0.432. The smallest absolute Gasteiger partial charge is 0.0914 e. The first-order valence-corrected chi connectivity index (χ1v) is 5.43. The van der Waals surface area contributed by atoms with Gasteiger partial charge in [-0.05, 0) is 12.3 Å². The van der Waals surface area contributed by atoms with Gasteiger partial charge in [-0.2, -0.15) is 0 Å². The molecule has 0 fully saturated rings. The monoisotopic (exact) mass is 175 g/mol. The van der Waals surface area contributed by atoms with Gasteiger partial charge in [0.25, 0.3) is 0 Å². The average molecular weight is 175 g/mol. The van der Waals surface area contributed by atoms with Crippen LogP contribution in [0.25, 0.3) is 0 Å². The van der Waals surface area contributed by atoms with Crippen molar-refractivity contribution in [1.29, 1.82) is 0 Å². The second-order valence-corrected chi connectivity index (χ2v) is 3.88. The van der Waals surface area contributed by atoms with Crippen molar-refractivity contribution in [2.45, 2.75) is 45.2 Å². The van der Waals surface area contributed by atoms with Gasteiger partial charge >= 0.3 is 0 Å². The Labute approximate surface area is 83.4 Å². The lowest BCUT2D eigenvalue weighted by Crippen LogP contribution is -2.26.